The molecule has 1 aromatic rings. The standard InChI is InChI=1S/C14H15F3N2O2/c1-3-21-13(20)6-7-19(2)12-5-4-11(14(15,16)17)8-10(12)9-18/h4-5,8H,3,6-7H2,1-2H3. The molecule has 1 rings (SSSR count). The van der Waals surface area contributed by atoms with Crippen LogP contribution in [0.4, 0.5) is 18.9 Å². The topological polar surface area (TPSA) is 53.3 Å². The predicted octanol–water partition coefficient (Wildman–Crippen LogP) is 2.97. The van der Waals surface area contributed by atoms with Gasteiger partial charge < -0.3 is 9.64 Å². The summed E-state index contributed by atoms with van der Waals surface area (Å²) in [6, 6.07) is 4.69. The molecule has 0 amide bonds. The summed E-state index contributed by atoms with van der Waals surface area (Å²) in [6.07, 6.45) is -4.40. The fourth-order valence-electron chi connectivity index (χ4n) is 1.75. The maximum absolute atomic E-state index is 12.6. The van der Waals surface area contributed by atoms with E-state index in [1.165, 1.54) is 6.07 Å². The molecule has 4 nitrogen and oxygen atoms in total. The molecule has 0 saturated heterocycles. The van der Waals surface area contributed by atoms with Crippen molar-refractivity contribution in [2.45, 2.75) is 19.5 Å². The second-order valence-electron chi connectivity index (χ2n) is 4.32. The highest BCUT2D eigenvalue weighted by molar-refractivity contribution is 5.70. The van der Waals surface area contributed by atoms with Gasteiger partial charge in [-0.3, -0.25) is 4.79 Å². The number of rotatable bonds is 5. The molecule has 0 bridgehead atoms. The molecule has 0 fully saturated rings. The van der Waals surface area contributed by atoms with E-state index < -0.39 is 17.7 Å². The summed E-state index contributed by atoms with van der Waals surface area (Å²) < 4.78 is 42.5. The molecule has 0 saturated carbocycles. The lowest BCUT2D eigenvalue weighted by atomic mass is 10.1. The monoisotopic (exact) mass is 300 g/mol. The van der Waals surface area contributed by atoms with Crippen LogP contribution in [0.5, 0.6) is 0 Å². The first kappa shape index (κ1) is 16.8. The molecular weight excluding hydrogens is 285 g/mol. The second kappa shape index (κ2) is 6.97. The normalized spacial score (nSPS) is 10.9. The Balaban J connectivity index is 2.88. The first-order valence-corrected chi connectivity index (χ1v) is 6.27. The Bertz CT molecular complexity index is 550. The molecule has 114 valence electrons. The van der Waals surface area contributed by atoms with E-state index in [0.717, 1.165) is 12.1 Å². The van der Waals surface area contributed by atoms with E-state index in [1.807, 2.05) is 0 Å². The van der Waals surface area contributed by atoms with Crippen LogP contribution in [0.3, 0.4) is 0 Å². The van der Waals surface area contributed by atoms with E-state index >= 15 is 0 Å². The third-order valence-corrected chi connectivity index (χ3v) is 2.81. The molecule has 0 heterocycles. The first-order valence-electron chi connectivity index (χ1n) is 6.27. The van der Waals surface area contributed by atoms with Crippen LogP contribution in [-0.2, 0) is 15.7 Å². The largest absolute Gasteiger partial charge is 0.466 e. The third kappa shape index (κ3) is 4.67. The van der Waals surface area contributed by atoms with Gasteiger partial charge in [0.05, 0.1) is 29.8 Å². The van der Waals surface area contributed by atoms with E-state index in [-0.39, 0.29) is 25.1 Å². The van der Waals surface area contributed by atoms with Gasteiger partial charge >= 0.3 is 12.1 Å². The molecule has 0 aliphatic carbocycles. The minimum Gasteiger partial charge on any atom is -0.466 e. The predicted molar refractivity (Wildman–Crippen MR) is 70.7 cm³/mol. The smallest absolute Gasteiger partial charge is 0.416 e. The average Bonchev–Trinajstić information content (AvgIpc) is 2.43. The zero-order valence-corrected chi connectivity index (χ0v) is 11.7. The van der Waals surface area contributed by atoms with E-state index in [4.69, 9.17) is 10.00 Å². The van der Waals surface area contributed by atoms with Gasteiger partial charge in [-0.25, -0.2) is 0 Å². The number of halogens is 3. The average molecular weight is 300 g/mol. The van der Waals surface area contributed by atoms with Gasteiger partial charge in [-0.1, -0.05) is 0 Å². The van der Waals surface area contributed by atoms with Crippen LogP contribution in [0.15, 0.2) is 18.2 Å². The number of carbonyl (C=O) groups is 1. The molecule has 0 spiro atoms. The maximum Gasteiger partial charge on any atom is 0.416 e. The van der Waals surface area contributed by atoms with E-state index in [1.54, 1.807) is 24.9 Å². The Hall–Kier alpha value is -2.23. The van der Waals surface area contributed by atoms with Crippen molar-refractivity contribution in [2.75, 3.05) is 25.1 Å². The van der Waals surface area contributed by atoms with E-state index in [2.05, 4.69) is 0 Å². The molecule has 0 radical (unpaired) electrons. The molecule has 0 atom stereocenters. The number of anilines is 1. The van der Waals surface area contributed by atoms with Crippen LogP contribution in [0, 0.1) is 11.3 Å². The molecule has 0 aliphatic heterocycles. The highest BCUT2D eigenvalue weighted by Crippen LogP contribution is 2.32. The molecular formula is C14H15F3N2O2. The number of esters is 1. The third-order valence-electron chi connectivity index (χ3n) is 2.81. The number of ether oxygens (including phenoxy) is 1. The zero-order valence-electron chi connectivity index (χ0n) is 11.7. The van der Waals surface area contributed by atoms with Crippen LogP contribution in [0.1, 0.15) is 24.5 Å². The summed E-state index contributed by atoms with van der Waals surface area (Å²) in [6.45, 7) is 2.20. The molecule has 0 unspecified atom stereocenters. The van der Waals surface area contributed by atoms with Gasteiger partial charge in [0.25, 0.3) is 0 Å². The minimum absolute atomic E-state index is 0.0869. The maximum atomic E-state index is 12.6. The Morgan fingerprint density at radius 1 is 1.43 bits per heavy atom. The zero-order chi connectivity index (χ0) is 16.0. The van der Waals surface area contributed by atoms with Crippen molar-refractivity contribution in [3.8, 4) is 6.07 Å². The fourth-order valence-corrected chi connectivity index (χ4v) is 1.75. The van der Waals surface area contributed by atoms with Crippen molar-refractivity contribution in [1.29, 1.82) is 5.26 Å². The number of carbonyl (C=O) groups excluding carboxylic acids is 1. The quantitative estimate of drug-likeness (QED) is 0.785. The van der Waals surface area contributed by atoms with Crippen LogP contribution >= 0.6 is 0 Å². The van der Waals surface area contributed by atoms with E-state index in [9.17, 15) is 18.0 Å². The SMILES string of the molecule is CCOC(=O)CCN(C)c1ccc(C(F)(F)F)cc1C#N. The Labute approximate surface area is 120 Å². The number of hydrogen-bond donors (Lipinski definition) is 0. The lowest BCUT2D eigenvalue weighted by molar-refractivity contribution is -0.142. The van der Waals surface area contributed by atoms with Gasteiger partial charge in [0.2, 0.25) is 0 Å². The Kier molecular flexibility index (Phi) is 5.59. The number of hydrogen-bond acceptors (Lipinski definition) is 4. The summed E-state index contributed by atoms with van der Waals surface area (Å²) in [5.41, 5.74) is -0.618. The van der Waals surface area contributed by atoms with Gasteiger partial charge in [0, 0.05) is 13.6 Å². The van der Waals surface area contributed by atoms with Crippen molar-refractivity contribution < 1.29 is 22.7 Å². The highest BCUT2D eigenvalue weighted by Gasteiger charge is 2.31. The van der Waals surface area contributed by atoms with Crippen LogP contribution in [0.25, 0.3) is 0 Å². The van der Waals surface area contributed by atoms with Crippen molar-refractivity contribution in [1.82, 2.24) is 0 Å². The summed E-state index contributed by atoms with van der Waals surface area (Å²) in [5, 5.41) is 8.98. The number of alkyl halides is 3. The lowest BCUT2D eigenvalue weighted by Crippen LogP contribution is -2.23. The highest BCUT2D eigenvalue weighted by atomic mass is 19.4. The van der Waals surface area contributed by atoms with Crippen molar-refractivity contribution in [2.24, 2.45) is 0 Å². The fraction of sp³-hybridized carbons (Fsp3) is 0.429. The molecule has 0 aromatic heterocycles. The van der Waals surface area contributed by atoms with Gasteiger partial charge in [-0.05, 0) is 25.1 Å². The number of nitriles is 1. The number of nitrogens with zero attached hydrogens (tertiary/aromatic N) is 2. The van der Waals surface area contributed by atoms with Crippen LogP contribution in [-0.4, -0.2) is 26.2 Å². The molecule has 0 N–H and O–H groups in total. The Morgan fingerprint density at radius 2 is 2.10 bits per heavy atom. The molecule has 1 aromatic carbocycles. The second-order valence-corrected chi connectivity index (χ2v) is 4.32. The lowest BCUT2D eigenvalue weighted by Gasteiger charge is -2.21. The van der Waals surface area contributed by atoms with Gasteiger partial charge in [0.1, 0.15) is 6.07 Å². The first-order chi connectivity index (χ1) is 9.79. The summed E-state index contributed by atoms with van der Waals surface area (Å²) in [7, 11) is 1.60. The van der Waals surface area contributed by atoms with Gasteiger partial charge in [0.15, 0.2) is 0 Å². The summed E-state index contributed by atoms with van der Waals surface area (Å²) in [5.74, 6) is -0.394. The van der Waals surface area contributed by atoms with Crippen LogP contribution < -0.4 is 4.90 Å². The van der Waals surface area contributed by atoms with Crippen molar-refractivity contribution in [3.05, 3.63) is 29.3 Å². The number of benzene rings is 1. The van der Waals surface area contributed by atoms with Gasteiger partial charge in [-0.2, -0.15) is 18.4 Å². The molecule has 21 heavy (non-hydrogen) atoms. The van der Waals surface area contributed by atoms with Crippen molar-refractivity contribution in [3.63, 3.8) is 0 Å². The summed E-state index contributed by atoms with van der Waals surface area (Å²) >= 11 is 0. The molecule has 7 heteroatoms. The molecule has 0 aliphatic rings. The minimum atomic E-state index is -4.49. The van der Waals surface area contributed by atoms with E-state index in [0.29, 0.717) is 5.69 Å². The summed E-state index contributed by atoms with van der Waals surface area (Å²) in [4.78, 5) is 12.8. The van der Waals surface area contributed by atoms with Crippen molar-refractivity contribution >= 4 is 11.7 Å². The van der Waals surface area contributed by atoms with Gasteiger partial charge in [-0.15, -0.1) is 0 Å². The Morgan fingerprint density at radius 3 is 2.62 bits per heavy atom. The van der Waals surface area contributed by atoms with Crippen LogP contribution in [0.2, 0.25) is 0 Å².